The molecule has 0 saturated carbocycles. The number of nitrogens with one attached hydrogen (secondary N) is 1. The third kappa shape index (κ3) is 2.84. The van der Waals surface area contributed by atoms with Gasteiger partial charge >= 0.3 is 0 Å². The predicted molar refractivity (Wildman–Crippen MR) is 77.4 cm³/mol. The van der Waals surface area contributed by atoms with Crippen molar-refractivity contribution in [3.05, 3.63) is 24.0 Å². The van der Waals surface area contributed by atoms with E-state index >= 15 is 0 Å². The molecule has 0 bridgehead atoms. The van der Waals surface area contributed by atoms with Crippen molar-refractivity contribution in [3.63, 3.8) is 0 Å². The number of hydrogen-bond acceptors (Lipinski definition) is 3. The van der Waals surface area contributed by atoms with E-state index in [0.717, 1.165) is 44.0 Å². The van der Waals surface area contributed by atoms with Gasteiger partial charge in [-0.2, -0.15) is 0 Å². The maximum Gasteiger partial charge on any atom is 0.148 e. The van der Waals surface area contributed by atoms with Gasteiger partial charge in [-0.1, -0.05) is 0 Å². The van der Waals surface area contributed by atoms with E-state index in [-0.39, 0.29) is 5.82 Å². The zero-order valence-corrected chi connectivity index (χ0v) is 11.5. The van der Waals surface area contributed by atoms with Crippen LogP contribution in [0.1, 0.15) is 19.3 Å². The van der Waals surface area contributed by atoms with Gasteiger partial charge in [0.2, 0.25) is 0 Å². The number of halogens is 1. The van der Waals surface area contributed by atoms with Gasteiger partial charge in [0.05, 0.1) is 5.69 Å². The summed E-state index contributed by atoms with van der Waals surface area (Å²) in [5.41, 5.74) is 1.66. The molecule has 1 N–H and O–H groups in total. The monoisotopic (exact) mass is 263 g/mol. The van der Waals surface area contributed by atoms with Gasteiger partial charge in [0, 0.05) is 31.4 Å². The van der Waals surface area contributed by atoms with Crippen LogP contribution in [0.2, 0.25) is 0 Å². The van der Waals surface area contributed by atoms with E-state index in [9.17, 15) is 4.39 Å². The second-order valence-corrected chi connectivity index (χ2v) is 5.75. The van der Waals surface area contributed by atoms with Crippen LogP contribution in [0.3, 0.4) is 0 Å². The van der Waals surface area contributed by atoms with Crippen LogP contribution in [-0.4, -0.2) is 44.2 Å². The molecule has 1 aromatic carbocycles. The average Bonchev–Trinajstić information content (AvgIpc) is 3.01. The van der Waals surface area contributed by atoms with Crippen molar-refractivity contribution in [3.8, 4) is 0 Å². The Kier molecular flexibility index (Phi) is 3.60. The summed E-state index contributed by atoms with van der Waals surface area (Å²) in [5, 5.41) is 3.43. The molecule has 3 nitrogen and oxygen atoms in total. The lowest BCUT2D eigenvalue weighted by atomic mass is 10.2. The normalized spacial score (nSPS) is 24.1. The first-order chi connectivity index (χ1) is 9.22. The van der Waals surface area contributed by atoms with Crippen molar-refractivity contribution in [2.45, 2.75) is 25.3 Å². The maximum atomic E-state index is 14.2. The molecule has 3 rings (SSSR count). The molecule has 104 valence electrons. The van der Waals surface area contributed by atoms with Crippen LogP contribution in [0.5, 0.6) is 0 Å². The van der Waals surface area contributed by atoms with Gasteiger partial charge in [-0.3, -0.25) is 0 Å². The second-order valence-electron chi connectivity index (χ2n) is 5.75. The SMILES string of the molecule is CN1CCC(Nc2ccc(N3CCCC3)c(F)c2)C1. The van der Waals surface area contributed by atoms with Crippen molar-refractivity contribution in [1.82, 2.24) is 4.90 Å². The minimum atomic E-state index is -0.0988. The van der Waals surface area contributed by atoms with Crippen molar-refractivity contribution in [2.24, 2.45) is 0 Å². The number of benzene rings is 1. The first-order valence-electron chi connectivity index (χ1n) is 7.22. The Bertz CT molecular complexity index is 443. The fraction of sp³-hybridized carbons (Fsp3) is 0.600. The molecule has 2 fully saturated rings. The Morgan fingerprint density at radius 2 is 2.00 bits per heavy atom. The number of hydrogen-bond donors (Lipinski definition) is 1. The molecule has 2 saturated heterocycles. The van der Waals surface area contributed by atoms with Crippen LogP contribution in [0, 0.1) is 5.82 Å². The van der Waals surface area contributed by atoms with Crippen LogP contribution in [0.4, 0.5) is 15.8 Å². The first kappa shape index (κ1) is 12.7. The van der Waals surface area contributed by atoms with Gasteiger partial charge in [-0.05, 0) is 51.1 Å². The summed E-state index contributed by atoms with van der Waals surface area (Å²) in [6, 6.07) is 6.02. The van der Waals surface area contributed by atoms with E-state index in [1.165, 1.54) is 12.8 Å². The summed E-state index contributed by atoms with van der Waals surface area (Å²) in [7, 11) is 2.12. The van der Waals surface area contributed by atoms with Crippen molar-refractivity contribution in [2.75, 3.05) is 43.4 Å². The average molecular weight is 263 g/mol. The number of nitrogens with zero attached hydrogens (tertiary/aromatic N) is 2. The largest absolute Gasteiger partial charge is 0.381 e. The Balaban J connectivity index is 1.68. The lowest BCUT2D eigenvalue weighted by molar-refractivity contribution is 0.414. The minimum Gasteiger partial charge on any atom is -0.381 e. The molecule has 1 unspecified atom stereocenters. The fourth-order valence-electron chi connectivity index (χ4n) is 3.10. The molecule has 2 aliphatic heterocycles. The minimum absolute atomic E-state index is 0.0988. The van der Waals surface area contributed by atoms with E-state index < -0.39 is 0 Å². The standard InChI is InChI=1S/C15H22FN3/c1-18-9-6-13(11-18)17-12-4-5-15(14(16)10-12)19-7-2-3-8-19/h4-5,10,13,17H,2-3,6-9,11H2,1H3. The third-order valence-corrected chi connectivity index (χ3v) is 4.16. The zero-order chi connectivity index (χ0) is 13.2. The summed E-state index contributed by atoms with van der Waals surface area (Å²) in [6.07, 6.45) is 3.48. The van der Waals surface area contributed by atoms with E-state index in [1.54, 1.807) is 6.07 Å². The number of anilines is 2. The molecular weight excluding hydrogens is 241 g/mol. The highest BCUT2D eigenvalue weighted by Crippen LogP contribution is 2.26. The van der Waals surface area contributed by atoms with Gasteiger partial charge in [0.25, 0.3) is 0 Å². The molecule has 0 radical (unpaired) electrons. The second kappa shape index (κ2) is 5.37. The molecule has 1 aromatic rings. The molecule has 4 heteroatoms. The summed E-state index contributed by atoms with van der Waals surface area (Å²) in [5.74, 6) is -0.0988. The molecule has 1 atom stereocenters. The highest BCUT2D eigenvalue weighted by Gasteiger charge is 2.20. The van der Waals surface area contributed by atoms with Crippen LogP contribution in [-0.2, 0) is 0 Å². The quantitative estimate of drug-likeness (QED) is 0.904. The van der Waals surface area contributed by atoms with Crippen LogP contribution in [0.25, 0.3) is 0 Å². The topological polar surface area (TPSA) is 18.5 Å². The molecular formula is C15H22FN3. The smallest absolute Gasteiger partial charge is 0.148 e. The highest BCUT2D eigenvalue weighted by atomic mass is 19.1. The molecule has 19 heavy (non-hydrogen) atoms. The Morgan fingerprint density at radius 3 is 2.63 bits per heavy atom. The summed E-state index contributed by atoms with van der Waals surface area (Å²) < 4.78 is 14.2. The Hall–Kier alpha value is -1.29. The van der Waals surface area contributed by atoms with Gasteiger partial charge in [-0.25, -0.2) is 4.39 Å². The molecule has 0 aliphatic carbocycles. The maximum absolute atomic E-state index is 14.2. The Morgan fingerprint density at radius 1 is 1.21 bits per heavy atom. The van der Waals surface area contributed by atoms with E-state index in [1.807, 2.05) is 12.1 Å². The molecule has 2 aliphatic rings. The summed E-state index contributed by atoms with van der Waals surface area (Å²) >= 11 is 0. The highest BCUT2D eigenvalue weighted by molar-refractivity contribution is 5.57. The zero-order valence-electron chi connectivity index (χ0n) is 11.5. The number of rotatable bonds is 3. The van der Waals surface area contributed by atoms with Gasteiger partial charge in [-0.15, -0.1) is 0 Å². The summed E-state index contributed by atoms with van der Waals surface area (Å²) in [4.78, 5) is 4.44. The molecule has 2 heterocycles. The lowest BCUT2D eigenvalue weighted by Crippen LogP contribution is -2.24. The van der Waals surface area contributed by atoms with Gasteiger partial charge in [0.15, 0.2) is 0 Å². The number of likely N-dealkylation sites (tertiary alicyclic amines) is 1. The predicted octanol–water partition coefficient (Wildman–Crippen LogP) is 2.54. The van der Waals surface area contributed by atoms with Crippen molar-refractivity contribution < 1.29 is 4.39 Å². The third-order valence-electron chi connectivity index (χ3n) is 4.16. The van der Waals surface area contributed by atoms with Gasteiger partial charge < -0.3 is 15.1 Å². The fourth-order valence-corrected chi connectivity index (χ4v) is 3.10. The van der Waals surface area contributed by atoms with Gasteiger partial charge in [0.1, 0.15) is 5.82 Å². The Labute approximate surface area is 114 Å². The summed E-state index contributed by atoms with van der Waals surface area (Å²) in [6.45, 7) is 4.12. The lowest BCUT2D eigenvalue weighted by Gasteiger charge is -2.20. The molecule has 0 spiro atoms. The van der Waals surface area contributed by atoms with E-state index in [2.05, 4.69) is 22.2 Å². The number of likely N-dealkylation sites (N-methyl/N-ethyl adjacent to an activating group) is 1. The molecule has 0 amide bonds. The van der Waals surface area contributed by atoms with Crippen LogP contribution >= 0.6 is 0 Å². The van der Waals surface area contributed by atoms with Crippen LogP contribution in [0.15, 0.2) is 18.2 Å². The van der Waals surface area contributed by atoms with E-state index in [4.69, 9.17) is 0 Å². The van der Waals surface area contributed by atoms with E-state index in [0.29, 0.717) is 6.04 Å². The van der Waals surface area contributed by atoms with Crippen LogP contribution < -0.4 is 10.2 Å². The first-order valence-corrected chi connectivity index (χ1v) is 7.22. The molecule has 0 aromatic heterocycles. The van der Waals surface area contributed by atoms with Crippen molar-refractivity contribution >= 4 is 11.4 Å². The van der Waals surface area contributed by atoms with Crippen molar-refractivity contribution in [1.29, 1.82) is 0 Å².